The zero-order chi connectivity index (χ0) is 48.4. The van der Waals surface area contributed by atoms with E-state index in [0.717, 1.165) is 77.0 Å². The molecule has 388 valence electrons. The van der Waals surface area contributed by atoms with Crippen LogP contribution in [0, 0.1) is 0 Å². The number of hydrogen-bond acceptors (Lipinski definition) is 10. The molecule has 11 nitrogen and oxygen atoms in total. The van der Waals surface area contributed by atoms with Crippen LogP contribution in [-0.4, -0.2) is 66.5 Å². The zero-order valence-corrected chi connectivity index (χ0v) is 43.6. The quantitative estimate of drug-likeness (QED) is 0.0197. The van der Waals surface area contributed by atoms with E-state index in [1.165, 1.54) is 128 Å². The van der Waals surface area contributed by atoms with Crippen molar-refractivity contribution in [1.82, 2.24) is 0 Å². The minimum absolute atomic E-state index is 0.170. The Balaban J connectivity index is 4.64. The van der Waals surface area contributed by atoms with Crippen molar-refractivity contribution in [2.24, 2.45) is 0 Å². The summed E-state index contributed by atoms with van der Waals surface area (Å²) >= 11 is 0. The number of carbonyl (C=O) groups is 3. The van der Waals surface area contributed by atoms with Gasteiger partial charge in [-0.1, -0.05) is 206 Å². The van der Waals surface area contributed by atoms with Crippen molar-refractivity contribution >= 4 is 25.7 Å². The van der Waals surface area contributed by atoms with Crippen molar-refractivity contribution in [1.29, 1.82) is 0 Å². The molecule has 0 aromatic heterocycles. The molecule has 12 heteroatoms. The minimum atomic E-state index is -4.73. The third-order valence-corrected chi connectivity index (χ3v) is 12.8. The molecular formula is C54H101O11P. The number of aliphatic hydroxyl groups excluding tert-OH is 1. The van der Waals surface area contributed by atoms with Crippen molar-refractivity contribution in [3.63, 3.8) is 0 Å². The van der Waals surface area contributed by atoms with Gasteiger partial charge in [0.15, 0.2) is 6.10 Å². The summed E-state index contributed by atoms with van der Waals surface area (Å²) in [6.45, 7) is 4.59. The summed E-state index contributed by atoms with van der Waals surface area (Å²) in [6.07, 6.45) is 47.3. The van der Waals surface area contributed by atoms with Gasteiger partial charge in [0.2, 0.25) is 0 Å². The van der Waals surface area contributed by atoms with Crippen molar-refractivity contribution in [3.8, 4) is 0 Å². The highest BCUT2D eigenvalue weighted by atomic mass is 31.2. The Kier molecular flexibility index (Phi) is 47.9. The molecule has 0 radical (unpaired) electrons. The van der Waals surface area contributed by atoms with Crippen LogP contribution in [0.15, 0.2) is 24.3 Å². The van der Waals surface area contributed by atoms with Gasteiger partial charge >= 0.3 is 25.7 Å². The van der Waals surface area contributed by atoms with Crippen LogP contribution in [-0.2, 0) is 42.2 Å². The van der Waals surface area contributed by atoms with Crippen molar-refractivity contribution < 1.29 is 52.2 Å². The molecule has 0 aliphatic heterocycles. The molecule has 0 amide bonds. The lowest BCUT2D eigenvalue weighted by atomic mass is 10.1. The van der Waals surface area contributed by atoms with E-state index in [1.54, 1.807) is 0 Å². The van der Waals surface area contributed by atoms with Crippen LogP contribution >= 0.6 is 7.82 Å². The number of rotatable bonds is 51. The number of ether oxygens (including phenoxy) is 3. The van der Waals surface area contributed by atoms with Crippen LogP contribution in [0.5, 0.6) is 0 Å². The lowest BCUT2D eigenvalue weighted by molar-refractivity contribution is -0.161. The predicted octanol–water partition coefficient (Wildman–Crippen LogP) is 15.5. The first-order valence-electron chi connectivity index (χ1n) is 27.2. The molecule has 0 heterocycles. The first-order chi connectivity index (χ1) is 32.2. The highest BCUT2D eigenvalue weighted by molar-refractivity contribution is 7.47. The van der Waals surface area contributed by atoms with Crippen molar-refractivity contribution in [3.05, 3.63) is 24.3 Å². The second-order valence-corrected chi connectivity index (χ2v) is 19.8. The number of phosphoric acid groups is 1. The summed E-state index contributed by atoms with van der Waals surface area (Å²) in [5.74, 6) is -1.46. The molecule has 0 aliphatic rings. The normalized spacial score (nSPS) is 13.6. The largest absolute Gasteiger partial charge is 0.472 e. The molecule has 0 rings (SSSR count). The average Bonchev–Trinajstić information content (AvgIpc) is 3.30. The Hall–Kier alpha value is -2.04. The van der Waals surface area contributed by atoms with Crippen LogP contribution in [0.4, 0.5) is 0 Å². The molecule has 0 aromatic rings. The standard InChI is InChI=1S/C54H101O11P/c1-4-7-10-13-16-19-21-22-23-24-25-26-27-28-30-33-36-39-42-45-54(58)65-51(47-61-52(56)43-40-37-34-31-18-15-12-9-6-3)49-63-66(59,60)62-48-50(46-55)64-53(57)44-41-38-35-32-29-20-17-14-11-8-5-2/h14,17,22-23,50-51,55H,4-13,15-16,18-21,24-49H2,1-3H3,(H,59,60)/b17-14-,23-22-. The zero-order valence-electron chi connectivity index (χ0n) is 42.7. The number of unbranched alkanes of at least 4 members (excludes halogenated alkanes) is 30. The van der Waals surface area contributed by atoms with Gasteiger partial charge in [-0.2, -0.15) is 0 Å². The second-order valence-electron chi connectivity index (χ2n) is 18.4. The second kappa shape index (κ2) is 49.4. The molecule has 66 heavy (non-hydrogen) atoms. The maximum Gasteiger partial charge on any atom is 0.472 e. The molecule has 0 aliphatic carbocycles. The van der Waals surface area contributed by atoms with Crippen molar-refractivity contribution in [2.75, 3.05) is 26.4 Å². The predicted molar refractivity (Wildman–Crippen MR) is 270 cm³/mol. The summed E-state index contributed by atoms with van der Waals surface area (Å²) in [5, 5.41) is 9.76. The summed E-state index contributed by atoms with van der Waals surface area (Å²) < 4.78 is 39.3. The van der Waals surface area contributed by atoms with Crippen LogP contribution in [0.2, 0.25) is 0 Å². The molecular weight excluding hydrogens is 856 g/mol. The Morgan fingerprint density at radius 2 is 0.712 bits per heavy atom. The molecule has 0 saturated carbocycles. The van der Waals surface area contributed by atoms with Gasteiger partial charge in [-0.25, -0.2) is 4.57 Å². The van der Waals surface area contributed by atoms with Gasteiger partial charge in [-0.3, -0.25) is 23.4 Å². The number of carbonyl (C=O) groups excluding carboxylic acids is 3. The first kappa shape index (κ1) is 64.0. The number of esters is 3. The Bertz CT molecular complexity index is 1210. The average molecular weight is 957 g/mol. The maximum atomic E-state index is 12.8. The summed E-state index contributed by atoms with van der Waals surface area (Å²) in [5.41, 5.74) is 0. The Labute approximate surface area is 404 Å². The van der Waals surface area contributed by atoms with E-state index < -0.39 is 57.8 Å². The molecule has 3 atom stereocenters. The molecule has 2 N–H and O–H groups in total. The van der Waals surface area contributed by atoms with E-state index >= 15 is 0 Å². The van der Waals surface area contributed by atoms with Gasteiger partial charge in [0, 0.05) is 19.3 Å². The fourth-order valence-electron chi connectivity index (χ4n) is 7.63. The Morgan fingerprint density at radius 1 is 0.409 bits per heavy atom. The van der Waals surface area contributed by atoms with Gasteiger partial charge in [0.1, 0.15) is 12.7 Å². The van der Waals surface area contributed by atoms with Crippen molar-refractivity contribution in [2.45, 2.75) is 277 Å². The van der Waals surface area contributed by atoms with Gasteiger partial charge in [0.25, 0.3) is 0 Å². The first-order valence-corrected chi connectivity index (χ1v) is 28.7. The Morgan fingerprint density at radius 3 is 1.09 bits per heavy atom. The molecule has 0 bridgehead atoms. The lowest BCUT2D eigenvalue weighted by Crippen LogP contribution is -2.30. The molecule has 0 saturated heterocycles. The fourth-order valence-corrected chi connectivity index (χ4v) is 8.41. The van der Waals surface area contributed by atoms with E-state index in [4.69, 9.17) is 23.3 Å². The van der Waals surface area contributed by atoms with E-state index in [9.17, 15) is 28.9 Å². The SMILES string of the molecule is CCCC/C=C\CCCCCCCC(=O)OC(CO)COP(=O)(O)OCC(COC(=O)CCCCCCCCCCC)OC(=O)CCCCCCCCCCC/C=C\CCCCCCCC. The molecule has 3 unspecified atom stereocenters. The topological polar surface area (TPSA) is 155 Å². The summed E-state index contributed by atoms with van der Waals surface area (Å²) in [7, 11) is -4.73. The van der Waals surface area contributed by atoms with Crippen LogP contribution < -0.4 is 0 Å². The van der Waals surface area contributed by atoms with E-state index in [-0.39, 0.29) is 25.9 Å². The number of phosphoric ester groups is 1. The lowest BCUT2D eigenvalue weighted by Gasteiger charge is -2.21. The van der Waals surface area contributed by atoms with Crippen LogP contribution in [0.25, 0.3) is 0 Å². The monoisotopic (exact) mass is 957 g/mol. The van der Waals surface area contributed by atoms with Crippen LogP contribution in [0.1, 0.15) is 265 Å². The summed E-state index contributed by atoms with van der Waals surface area (Å²) in [6, 6.07) is 0. The highest BCUT2D eigenvalue weighted by Gasteiger charge is 2.28. The fraction of sp³-hybridized carbons (Fsp3) is 0.870. The highest BCUT2D eigenvalue weighted by Crippen LogP contribution is 2.43. The summed E-state index contributed by atoms with van der Waals surface area (Å²) in [4.78, 5) is 48.2. The van der Waals surface area contributed by atoms with Gasteiger partial charge < -0.3 is 24.2 Å². The van der Waals surface area contributed by atoms with E-state index in [2.05, 4.69) is 45.1 Å². The third kappa shape index (κ3) is 47.0. The van der Waals surface area contributed by atoms with Gasteiger partial charge in [0.05, 0.1) is 19.8 Å². The maximum absolute atomic E-state index is 12.8. The molecule has 0 aromatic carbocycles. The van der Waals surface area contributed by atoms with E-state index in [1.807, 2.05) is 0 Å². The minimum Gasteiger partial charge on any atom is -0.462 e. The van der Waals surface area contributed by atoms with Gasteiger partial charge in [-0.15, -0.1) is 0 Å². The smallest absolute Gasteiger partial charge is 0.462 e. The third-order valence-electron chi connectivity index (χ3n) is 11.8. The number of allylic oxidation sites excluding steroid dienone is 4. The van der Waals surface area contributed by atoms with Crippen LogP contribution in [0.3, 0.4) is 0 Å². The van der Waals surface area contributed by atoms with Gasteiger partial charge in [-0.05, 0) is 64.2 Å². The number of hydrogen-bond donors (Lipinski definition) is 2. The molecule has 0 spiro atoms. The molecule has 0 fully saturated rings. The van der Waals surface area contributed by atoms with E-state index in [0.29, 0.717) is 19.3 Å². The number of aliphatic hydroxyl groups is 1.